The minimum absolute atomic E-state index is 0.0354. The average Bonchev–Trinajstić information content (AvgIpc) is 2.24. The second kappa shape index (κ2) is 5.05. The molecule has 0 saturated carbocycles. The molecule has 0 aromatic carbocycles. The van der Waals surface area contributed by atoms with Crippen molar-refractivity contribution < 1.29 is 9.59 Å². The first-order chi connectivity index (χ1) is 7.22. The number of nitrogens with zero attached hydrogens (tertiary/aromatic N) is 2. The van der Waals surface area contributed by atoms with Crippen molar-refractivity contribution in [2.45, 2.75) is 51.6 Å². The topological polar surface area (TPSA) is 93.0 Å². The van der Waals surface area contributed by atoms with E-state index in [1.165, 1.54) is 27.7 Å². The van der Waals surface area contributed by atoms with Crippen LogP contribution in [0.5, 0.6) is 0 Å². The van der Waals surface area contributed by atoms with Crippen LogP contribution in [0.1, 0.15) is 40.5 Å². The van der Waals surface area contributed by atoms with E-state index in [4.69, 9.17) is 0 Å². The third-order valence-electron chi connectivity index (χ3n) is 3.02. The molecule has 2 unspecified atom stereocenters. The highest BCUT2D eigenvalue weighted by Crippen LogP contribution is 2.26. The van der Waals surface area contributed by atoms with Gasteiger partial charge < -0.3 is 0 Å². The van der Waals surface area contributed by atoms with Crippen LogP contribution in [0.4, 0.5) is 0 Å². The summed E-state index contributed by atoms with van der Waals surface area (Å²) < 4.78 is 0. The number of hydrogen-bond donors (Lipinski definition) is 0. The van der Waals surface area contributed by atoms with Crippen molar-refractivity contribution >= 4 is 11.6 Å². The Labute approximate surface area is 93.7 Å². The summed E-state index contributed by atoms with van der Waals surface area (Å²) in [5.74, 6) is -0.779. The molecular formula is C10H16N2O4. The fourth-order valence-electron chi connectivity index (χ4n) is 1.06. The molecule has 0 heterocycles. The molecule has 6 heteroatoms. The Kier molecular flexibility index (Phi) is 4.59. The zero-order valence-corrected chi connectivity index (χ0v) is 9.94. The quantitative estimate of drug-likeness (QED) is 0.623. The summed E-state index contributed by atoms with van der Waals surface area (Å²) in [6, 6.07) is 0. The number of Topliss-reactive ketones (excluding diaryl/α,β-unsaturated/α-hetero) is 2. The first kappa shape index (κ1) is 14.5. The van der Waals surface area contributed by atoms with Gasteiger partial charge in [-0.15, -0.1) is 9.81 Å². The molecule has 0 bridgehead atoms. The van der Waals surface area contributed by atoms with Crippen LogP contribution in [-0.2, 0) is 9.59 Å². The summed E-state index contributed by atoms with van der Waals surface area (Å²) in [6.07, 6.45) is 0.0707. The minimum Gasteiger partial charge on any atom is -0.297 e. The maximum Gasteiger partial charge on any atom is 0.160 e. The Balaban J connectivity index is 4.77. The van der Waals surface area contributed by atoms with E-state index in [-0.39, 0.29) is 24.4 Å². The van der Waals surface area contributed by atoms with E-state index in [1.54, 1.807) is 0 Å². The standard InChI is InChI=1S/C10H16N2O4/c1-7(13)9(3,11-15)5-6-10(4,12-16)8(2)14/h5-6H2,1-4H3. The number of carbonyl (C=O) groups excluding carboxylic acids is 2. The zero-order valence-electron chi connectivity index (χ0n) is 9.94. The predicted octanol–water partition coefficient (Wildman–Crippen LogP) is 1.99. The lowest BCUT2D eigenvalue weighted by Crippen LogP contribution is -2.37. The molecule has 0 aliphatic rings. The Morgan fingerprint density at radius 1 is 0.875 bits per heavy atom. The predicted molar refractivity (Wildman–Crippen MR) is 59.0 cm³/mol. The van der Waals surface area contributed by atoms with Gasteiger partial charge in [-0.3, -0.25) is 9.59 Å². The molecule has 0 aliphatic carbocycles. The van der Waals surface area contributed by atoms with Crippen molar-refractivity contribution in [3.05, 3.63) is 9.81 Å². The van der Waals surface area contributed by atoms with Gasteiger partial charge in [0.15, 0.2) is 22.6 Å². The summed E-state index contributed by atoms with van der Waals surface area (Å²) in [4.78, 5) is 43.5. The summed E-state index contributed by atoms with van der Waals surface area (Å²) in [5, 5.41) is 5.52. The van der Waals surface area contributed by atoms with Gasteiger partial charge in [0.05, 0.1) is 0 Å². The fraction of sp³-hybridized carbons (Fsp3) is 0.800. The summed E-state index contributed by atoms with van der Waals surface area (Å²) in [6.45, 7) is 5.27. The molecule has 16 heavy (non-hydrogen) atoms. The second-order valence-corrected chi connectivity index (χ2v) is 4.34. The van der Waals surface area contributed by atoms with Crippen LogP contribution >= 0.6 is 0 Å². The molecule has 0 N–H and O–H groups in total. The highest BCUT2D eigenvalue weighted by Gasteiger charge is 2.38. The van der Waals surface area contributed by atoms with E-state index in [1.807, 2.05) is 0 Å². The van der Waals surface area contributed by atoms with Crippen LogP contribution < -0.4 is 0 Å². The minimum atomic E-state index is -1.39. The lowest BCUT2D eigenvalue weighted by Gasteiger charge is -2.23. The second-order valence-electron chi connectivity index (χ2n) is 4.34. The lowest BCUT2D eigenvalue weighted by atomic mass is 9.84. The maximum absolute atomic E-state index is 11.2. The van der Waals surface area contributed by atoms with Crippen molar-refractivity contribution in [3.8, 4) is 0 Å². The molecule has 0 radical (unpaired) electrons. The van der Waals surface area contributed by atoms with Crippen LogP contribution in [0.2, 0.25) is 0 Å². The molecule has 0 aromatic heterocycles. The Bertz CT molecular complexity index is 297. The van der Waals surface area contributed by atoms with Crippen LogP contribution in [-0.4, -0.2) is 22.6 Å². The van der Waals surface area contributed by atoms with Gasteiger partial charge in [0, 0.05) is 0 Å². The number of hydrogen-bond acceptors (Lipinski definition) is 6. The van der Waals surface area contributed by atoms with E-state index in [0.29, 0.717) is 0 Å². The Morgan fingerprint density at radius 3 is 1.25 bits per heavy atom. The Morgan fingerprint density at radius 2 is 1.12 bits per heavy atom. The van der Waals surface area contributed by atoms with Crippen LogP contribution in [0.3, 0.4) is 0 Å². The molecule has 0 saturated heterocycles. The maximum atomic E-state index is 11.2. The normalized spacial score (nSPS) is 18.0. The third-order valence-corrected chi connectivity index (χ3v) is 3.02. The third kappa shape index (κ3) is 3.01. The molecular weight excluding hydrogens is 212 g/mol. The first-order valence-electron chi connectivity index (χ1n) is 4.93. The van der Waals surface area contributed by atoms with Crippen molar-refractivity contribution in [1.82, 2.24) is 0 Å². The summed E-state index contributed by atoms with van der Waals surface area (Å²) in [5.41, 5.74) is -2.77. The molecule has 6 nitrogen and oxygen atoms in total. The van der Waals surface area contributed by atoms with E-state index < -0.39 is 11.1 Å². The molecule has 0 spiro atoms. The van der Waals surface area contributed by atoms with Gasteiger partial charge in [-0.25, -0.2) is 0 Å². The van der Waals surface area contributed by atoms with Gasteiger partial charge in [-0.05, 0) is 40.5 Å². The number of nitroso groups, excluding NO2 is 2. The SMILES string of the molecule is CC(=O)C(C)(CCC(C)(N=O)C(C)=O)N=O. The zero-order chi connectivity index (χ0) is 13.0. The van der Waals surface area contributed by atoms with Crippen LogP contribution in [0, 0.1) is 9.81 Å². The molecule has 0 fully saturated rings. The van der Waals surface area contributed by atoms with Gasteiger partial charge in [0.1, 0.15) is 0 Å². The van der Waals surface area contributed by atoms with Crippen molar-refractivity contribution in [1.29, 1.82) is 0 Å². The number of rotatable bonds is 7. The van der Waals surface area contributed by atoms with Gasteiger partial charge in [-0.2, -0.15) is 0 Å². The smallest absolute Gasteiger partial charge is 0.160 e. The lowest BCUT2D eigenvalue weighted by molar-refractivity contribution is -0.124. The number of carbonyl (C=O) groups is 2. The monoisotopic (exact) mass is 228 g/mol. The average molecular weight is 228 g/mol. The largest absolute Gasteiger partial charge is 0.297 e. The van der Waals surface area contributed by atoms with Gasteiger partial charge in [0.2, 0.25) is 0 Å². The molecule has 90 valence electrons. The van der Waals surface area contributed by atoms with Crippen molar-refractivity contribution in [3.63, 3.8) is 0 Å². The van der Waals surface area contributed by atoms with Crippen molar-refractivity contribution in [2.75, 3.05) is 0 Å². The fourth-order valence-corrected chi connectivity index (χ4v) is 1.06. The summed E-state index contributed by atoms with van der Waals surface area (Å²) >= 11 is 0. The van der Waals surface area contributed by atoms with E-state index in [0.717, 1.165) is 0 Å². The van der Waals surface area contributed by atoms with Crippen molar-refractivity contribution in [2.24, 2.45) is 10.4 Å². The number of ketones is 2. The Hall–Kier alpha value is -1.46. The van der Waals surface area contributed by atoms with Gasteiger partial charge >= 0.3 is 0 Å². The van der Waals surface area contributed by atoms with Gasteiger partial charge in [-0.1, -0.05) is 10.4 Å². The molecule has 2 atom stereocenters. The van der Waals surface area contributed by atoms with Crippen LogP contribution in [0.25, 0.3) is 0 Å². The van der Waals surface area contributed by atoms with Crippen LogP contribution in [0.15, 0.2) is 10.4 Å². The molecule has 0 amide bonds. The molecule has 0 rings (SSSR count). The summed E-state index contributed by atoms with van der Waals surface area (Å²) in [7, 11) is 0. The first-order valence-corrected chi connectivity index (χ1v) is 4.93. The van der Waals surface area contributed by atoms with E-state index >= 15 is 0 Å². The molecule has 0 aromatic rings. The van der Waals surface area contributed by atoms with E-state index in [9.17, 15) is 19.4 Å². The molecule has 0 aliphatic heterocycles. The highest BCUT2D eigenvalue weighted by atomic mass is 16.3. The highest BCUT2D eigenvalue weighted by molar-refractivity contribution is 5.87. The van der Waals surface area contributed by atoms with Gasteiger partial charge in [0.25, 0.3) is 0 Å². The van der Waals surface area contributed by atoms with E-state index in [2.05, 4.69) is 10.4 Å².